The van der Waals surface area contributed by atoms with Crippen LogP contribution in [0.1, 0.15) is 12.0 Å². The maximum absolute atomic E-state index is 14.0. The van der Waals surface area contributed by atoms with Crippen LogP contribution in [0.3, 0.4) is 0 Å². The fourth-order valence-corrected chi connectivity index (χ4v) is 2.03. The molecule has 2 N–H and O–H groups in total. The number of halogens is 4. The Balaban J connectivity index is 2.23. The fourth-order valence-electron chi connectivity index (χ4n) is 2.03. The predicted molar refractivity (Wildman–Crippen MR) is 67.7 cm³/mol. The van der Waals surface area contributed by atoms with Crippen LogP contribution in [-0.2, 0) is 0 Å². The van der Waals surface area contributed by atoms with Crippen LogP contribution in [0.2, 0.25) is 0 Å². The van der Waals surface area contributed by atoms with Crippen molar-refractivity contribution in [2.45, 2.75) is 6.43 Å². The van der Waals surface area contributed by atoms with Gasteiger partial charge in [0.15, 0.2) is 5.82 Å². The number of benzene rings is 1. The van der Waals surface area contributed by atoms with Gasteiger partial charge in [0.1, 0.15) is 11.3 Å². The molecule has 2 aromatic heterocycles. The van der Waals surface area contributed by atoms with E-state index in [1.165, 1.54) is 0 Å². The molecule has 4 nitrogen and oxygen atoms in total. The van der Waals surface area contributed by atoms with E-state index in [4.69, 9.17) is 5.73 Å². The van der Waals surface area contributed by atoms with Gasteiger partial charge >= 0.3 is 0 Å². The molecule has 0 aliphatic carbocycles. The molecule has 0 atom stereocenters. The largest absolute Gasteiger partial charge is 0.367 e. The van der Waals surface area contributed by atoms with Crippen molar-refractivity contribution in [3.8, 4) is 11.3 Å². The highest BCUT2D eigenvalue weighted by atomic mass is 19.3. The van der Waals surface area contributed by atoms with E-state index in [0.29, 0.717) is 6.07 Å². The normalized spacial score (nSPS) is 11.5. The topological polar surface area (TPSA) is 56.2 Å². The number of hydrogen-bond donors (Lipinski definition) is 1. The minimum atomic E-state index is -2.78. The Morgan fingerprint density at radius 3 is 2.52 bits per heavy atom. The van der Waals surface area contributed by atoms with E-state index in [-0.39, 0.29) is 22.7 Å². The molecule has 21 heavy (non-hydrogen) atoms. The molecule has 0 saturated carbocycles. The van der Waals surface area contributed by atoms with Gasteiger partial charge in [0.25, 0.3) is 6.43 Å². The number of nitrogen functional groups attached to an aromatic ring is 1. The molecule has 3 aromatic rings. The molecule has 0 unspecified atom stereocenters. The van der Waals surface area contributed by atoms with Crippen molar-refractivity contribution in [3.63, 3.8) is 0 Å². The molecule has 0 amide bonds. The first kappa shape index (κ1) is 13.3. The number of rotatable bonds is 2. The summed E-state index contributed by atoms with van der Waals surface area (Å²) in [6.45, 7) is 0. The van der Waals surface area contributed by atoms with E-state index in [2.05, 4.69) is 10.1 Å². The number of nitrogens with two attached hydrogens (primary N) is 1. The minimum Gasteiger partial charge on any atom is -0.367 e. The van der Waals surface area contributed by atoms with Gasteiger partial charge in [-0.2, -0.15) is 0 Å². The molecule has 0 aliphatic rings. The van der Waals surface area contributed by atoms with Crippen molar-refractivity contribution in [2.24, 2.45) is 0 Å². The van der Waals surface area contributed by atoms with Crippen LogP contribution < -0.4 is 5.73 Å². The maximum Gasteiger partial charge on any atom is 0.263 e. The summed E-state index contributed by atoms with van der Waals surface area (Å²) in [5, 5.41) is 3.80. The van der Waals surface area contributed by atoms with E-state index >= 15 is 0 Å². The van der Waals surface area contributed by atoms with Crippen molar-refractivity contribution >= 4 is 11.5 Å². The number of hydrogen-bond acceptors (Lipinski definition) is 3. The summed E-state index contributed by atoms with van der Waals surface area (Å²) in [6, 6.07) is 3.98. The summed E-state index contributed by atoms with van der Waals surface area (Å²) in [5.41, 5.74) is 4.99. The van der Waals surface area contributed by atoms with Crippen LogP contribution in [0.25, 0.3) is 16.8 Å². The summed E-state index contributed by atoms with van der Waals surface area (Å²) in [5.74, 6) is -1.68. The number of anilines is 1. The molecule has 8 heteroatoms. The Morgan fingerprint density at radius 1 is 1.10 bits per heavy atom. The second-order valence-electron chi connectivity index (χ2n) is 4.33. The van der Waals surface area contributed by atoms with E-state index in [0.717, 1.165) is 28.9 Å². The first-order chi connectivity index (χ1) is 9.97. The van der Waals surface area contributed by atoms with Gasteiger partial charge in [-0.3, -0.25) is 0 Å². The second-order valence-corrected chi connectivity index (χ2v) is 4.33. The molecule has 108 valence electrons. The molecule has 0 saturated heterocycles. The predicted octanol–water partition coefficient (Wildman–Crippen LogP) is 3.19. The molecule has 2 heterocycles. The Morgan fingerprint density at radius 2 is 1.86 bits per heavy atom. The number of fused-ring (bicyclic) bond motifs is 1. The Labute approximate surface area is 115 Å². The van der Waals surface area contributed by atoms with Gasteiger partial charge < -0.3 is 5.73 Å². The molecule has 0 fully saturated rings. The lowest BCUT2D eigenvalue weighted by molar-refractivity contribution is 0.151. The molecule has 0 radical (unpaired) electrons. The lowest BCUT2D eigenvalue weighted by Gasteiger charge is -2.06. The third kappa shape index (κ3) is 2.18. The Kier molecular flexibility index (Phi) is 3.00. The number of nitrogens with zero attached hydrogens (tertiary/aromatic N) is 3. The van der Waals surface area contributed by atoms with Gasteiger partial charge in [0.2, 0.25) is 5.95 Å². The van der Waals surface area contributed by atoms with Gasteiger partial charge in [0, 0.05) is 17.2 Å². The molecule has 3 rings (SSSR count). The van der Waals surface area contributed by atoms with Crippen molar-refractivity contribution in [1.82, 2.24) is 14.6 Å². The summed E-state index contributed by atoms with van der Waals surface area (Å²) < 4.78 is 53.9. The molecule has 1 aromatic carbocycles. The number of alkyl halides is 2. The third-order valence-corrected chi connectivity index (χ3v) is 3.01. The highest BCUT2D eigenvalue weighted by Gasteiger charge is 2.17. The van der Waals surface area contributed by atoms with Crippen LogP contribution in [0.4, 0.5) is 23.5 Å². The standard InChI is InChI=1S/C13H8F4N4/c14-8-3-6(12(16)17)1-2-7(8)10-4-9(15)11-5-19-13(18)20-21(10)11/h1-5,12H,(H2,18,20). The first-order valence-corrected chi connectivity index (χ1v) is 5.85. The van der Waals surface area contributed by atoms with Crippen LogP contribution in [-0.4, -0.2) is 14.6 Å². The van der Waals surface area contributed by atoms with Crippen LogP contribution in [0.5, 0.6) is 0 Å². The SMILES string of the molecule is Nc1ncc2c(F)cc(-c3ccc(C(F)F)cc3F)n2n1. The molecule has 0 aliphatic heterocycles. The van der Waals surface area contributed by atoms with Gasteiger partial charge in [-0.15, -0.1) is 5.10 Å². The van der Waals surface area contributed by atoms with Gasteiger partial charge in [-0.05, 0) is 12.1 Å². The van der Waals surface area contributed by atoms with E-state index < -0.39 is 23.6 Å². The summed E-state index contributed by atoms with van der Waals surface area (Å²) in [7, 11) is 0. The monoisotopic (exact) mass is 296 g/mol. The number of aromatic nitrogens is 3. The summed E-state index contributed by atoms with van der Waals surface area (Å²) in [4.78, 5) is 3.65. The van der Waals surface area contributed by atoms with Crippen LogP contribution in [0.15, 0.2) is 30.5 Å². The zero-order valence-corrected chi connectivity index (χ0v) is 10.4. The minimum absolute atomic E-state index is 0.0107. The van der Waals surface area contributed by atoms with Crippen molar-refractivity contribution in [1.29, 1.82) is 0 Å². The Hall–Kier alpha value is -2.64. The van der Waals surface area contributed by atoms with Crippen molar-refractivity contribution in [2.75, 3.05) is 5.73 Å². The fraction of sp³-hybridized carbons (Fsp3) is 0.0769. The molecular formula is C13H8F4N4. The van der Waals surface area contributed by atoms with E-state index in [1.54, 1.807) is 0 Å². The lowest BCUT2D eigenvalue weighted by Crippen LogP contribution is -2.02. The van der Waals surface area contributed by atoms with E-state index in [9.17, 15) is 17.6 Å². The summed E-state index contributed by atoms with van der Waals surface area (Å²) >= 11 is 0. The lowest BCUT2D eigenvalue weighted by atomic mass is 10.1. The van der Waals surface area contributed by atoms with Crippen molar-refractivity contribution in [3.05, 3.63) is 47.7 Å². The smallest absolute Gasteiger partial charge is 0.263 e. The molecule has 0 bridgehead atoms. The molecule has 0 spiro atoms. The maximum atomic E-state index is 14.0. The van der Waals surface area contributed by atoms with Gasteiger partial charge in [-0.25, -0.2) is 27.1 Å². The second kappa shape index (κ2) is 4.72. The zero-order valence-electron chi connectivity index (χ0n) is 10.4. The van der Waals surface area contributed by atoms with Gasteiger partial charge in [0.05, 0.1) is 11.9 Å². The van der Waals surface area contributed by atoms with Crippen LogP contribution in [0, 0.1) is 11.6 Å². The first-order valence-electron chi connectivity index (χ1n) is 5.85. The summed E-state index contributed by atoms with van der Waals surface area (Å²) in [6.07, 6.45) is -1.63. The Bertz CT molecular complexity index is 828. The average molecular weight is 296 g/mol. The van der Waals surface area contributed by atoms with Crippen LogP contribution >= 0.6 is 0 Å². The third-order valence-electron chi connectivity index (χ3n) is 3.01. The average Bonchev–Trinajstić information content (AvgIpc) is 2.75. The highest BCUT2D eigenvalue weighted by Crippen LogP contribution is 2.29. The van der Waals surface area contributed by atoms with Crippen molar-refractivity contribution < 1.29 is 17.6 Å². The van der Waals surface area contributed by atoms with Gasteiger partial charge in [-0.1, -0.05) is 6.07 Å². The van der Waals surface area contributed by atoms with E-state index in [1.807, 2.05) is 0 Å². The highest BCUT2D eigenvalue weighted by molar-refractivity contribution is 5.68. The quantitative estimate of drug-likeness (QED) is 0.739. The molecular weight excluding hydrogens is 288 g/mol. The zero-order chi connectivity index (χ0) is 15.1.